The van der Waals surface area contributed by atoms with Crippen molar-refractivity contribution in [3.8, 4) is 0 Å². The third-order valence-electron chi connectivity index (χ3n) is 2.17. The summed E-state index contributed by atoms with van der Waals surface area (Å²) in [5, 5.41) is 9.95. The highest BCUT2D eigenvalue weighted by Crippen LogP contribution is 2.21. The fraction of sp³-hybridized carbons (Fsp3) is 0.625. The average Bonchev–Trinajstić information content (AvgIpc) is 2.62. The molecule has 1 unspecified atom stereocenters. The van der Waals surface area contributed by atoms with E-state index in [-0.39, 0.29) is 5.75 Å². The third kappa shape index (κ3) is 2.79. The van der Waals surface area contributed by atoms with Crippen LogP contribution < -0.4 is 0 Å². The molecule has 1 aromatic heterocycles. The lowest BCUT2D eigenvalue weighted by Crippen LogP contribution is -2.18. The van der Waals surface area contributed by atoms with Gasteiger partial charge in [0.1, 0.15) is 5.25 Å². The van der Waals surface area contributed by atoms with E-state index in [1.807, 2.05) is 0 Å². The van der Waals surface area contributed by atoms with Crippen LogP contribution in [-0.2, 0) is 16.9 Å². The Kier molecular flexibility index (Phi) is 4.03. The second kappa shape index (κ2) is 4.92. The maximum Gasteiger partial charge on any atom is 0.168 e. The predicted molar refractivity (Wildman–Crippen MR) is 60.6 cm³/mol. The molecule has 16 heavy (non-hydrogen) atoms. The van der Waals surface area contributed by atoms with E-state index in [9.17, 15) is 8.42 Å². The molecule has 1 heterocycles. The SMILES string of the molecule is C/C(=C\Cl)CS(=O)(=O)C(C)c1nnnn1C. The molecule has 0 amide bonds. The quantitative estimate of drug-likeness (QED) is 0.805. The molecule has 0 bridgehead atoms. The molecule has 1 rings (SSSR count). The number of nitrogens with zero attached hydrogens (tertiary/aromatic N) is 4. The van der Waals surface area contributed by atoms with Gasteiger partial charge in [-0.25, -0.2) is 13.1 Å². The van der Waals surface area contributed by atoms with E-state index in [0.717, 1.165) is 0 Å². The third-order valence-corrected chi connectivity index (χ3v) is 4.69. The first-order valence-corrected chi connectivity index (χ1v) is 6.73. The van der Waals surface area contributed by atoms with E-state index in [1.165, 1.54) is 10.2 Å². The summed E-state index contributed by atoms with van der Waals surface area (Å²) < 4.78 is 25.2. The Morgan fingerprint density at radius 2 is 2.25 bits per heavy atom. The molecule has 0 saturated heterocycles. The summed E-state index contributed by atoms with van der Waals surface area (Å²) in [4.78, 5) is 0. The fourth-order valence-corrected chi connectivity index (χ4v) is 2.87. The van der Waals surface area contributed by atoms with Crippen LogP contribution in [0.2, 0.25) is 0 Å². The van der Waals surface area contributed by atoms with Crippen LogP contribution in [0.25, 0.3) is 0 Å². The molecule has 0 fully saturated rings. The van der Waals surface area contributed by atoms with Crippen LogP contribution in [0.5, 0.6) is 0 Å². The largest absolute Gasteiger partial charge is 0.231 e. The maximum atomic E-state index is 11.9. The second-order valence-electron chi connectivity index (χ2n) is 3.57. The molecule has 0 N–H and O–H groups in total. The predicted octanol–water partition coefficient (Wildman–Crippen LogP) is 0.829. The molecule has 1 aromatic rings. The van der Waals surface area contributed by atoms with Crippen LogP contribution in [0.4, 0.5) is 0 Å². The number of halogens is 1. The zero-order valence-corrected chi connectivity index (χ0v) is 10.8. The lowest BCUT2D eigenvalue weighted by Gasteiger charge is -2.10. The van der Waals surface area contributed by atoms with Crippen molar-refractivity contribution in [2.24, 2.45) is 7.05 Å². The molecule has 0 aromatic carbocycles. The van der Waals surface area contributed by atoms with Gasteiger partial charge in [-0.3, -0.25) is 0 Å². The molecule has 0 aliphatic heterocycles. The van der Waals surface area contributed by atoms with Gasteiger partial charge in [0.2, 0.25) is 0 Å². The highest BCUT2D eigenvalue weighted by Gasteiger charge is 2.27. The first kappa shape index (κ1) is 13.1. The average molecular weight is 265 g/mol. The van der Waals surface area contributed by atoms with E-state index < -0.39 is 15.1 Å². The molecule has 0 aliphatic carbocycles. The Hall–Kier alpha value is -0.950. The van der Waals surface area contributed by atoms with Gasteiger partial charge in [0.05, 0.1) is 5.75 Å². The Balaban J connectivity index is 2.98. The minimum Gasteiger partial charge on any atom is -0.231 e. The summed E-state index contributed by atoms with van der Waals surface area (Å²) in [5.41, 5.74) is 1.85. The summed E-state index contributed by atoms with van der Waals surface area (Å²) >= 11 is 5.45. The van der Waals surface area contributed by atoms with Gasteiger partial charge in [0.15, 0.2) is 15.7 Å². The number of aromatic nitrogens is 4. The zero-order chi connectivity index (χ0) is 12.3. The number of hydrogen-bond acceptors (Lipinski definition) is 5. The Morgan fingerprint density at radius 3 is 2.69 bits per heavy atom. The van der Waals surface area contributed by atoms with Crippen molar-refractivity contribution in [1.82, 2.24) is 20.2 Å². The summed E-state index contributed by atoms with van der Waals surface area (Å²) in [6.07, 6.45) is 0. The minimum atomic E-state index is -3.33. The number of tetrazole rings is 1. The highest BCUT2D eigenvalue weighted by atomic mass is 35.5. The summed E-state index contributed by atoms with van der Waals surface area (Å²) in [5.74, 6) is 0.229. The van der Waals surface area contributed by atoms with Gasteiger partial charge in [-0.05, 0) is 29.8 Å². The molecule has 0 saturated carbocycles. The summed E-state index contributed by atoms with van der Waals surface area (Å²) in [7, 11) is -1.73. The topological polar surface area (TPSA) is 77.7 Å². The van der Waals surface area contributed by atoms with Crippen molar-refractivity contribution in [2.75, 3.05) is 5.75 Å². The number of aryl methyl sites for hydroxylation is 1. The van der Waals surface area contributed by atoms with Crippen molar-refractivity contribution in [3.63, 3.8) is 0 Å². The first-order valence-electron chi connectivity index (χ1n) is 4.58. The van der Waals surface area contributed by atoms with Crippen molar-refractivity contribution < 1.29 is 8.42 Å². The van der Waals surface area contributed by atoms with Gasteiger partial charge in [-0.2, -0.15) is 0 Å². The number of hydrogen-bond donors (Lipinski definition) is 0. The van der Waals surface area contributed by atoms with Crippen molar-refractivity contribution >= 4 is 21.4 Å². The van der Waals surface area contributed by atoms with Crippen LogP contribution in [-0.4, -0.2) is 34.4 Å². The minimum absolute atomic E-state index is 0.0927. The smallest absolute Gasteiger partial charge is 0.168 e. The lowest BCUT2D eigenvalue weighted by atomic mass is 10.4. The van der Waals surface area contributed by atoms with Crippen LogP contribution in [0, 0.1) is 0 Å². The monoisotopic (exact) mass is 264 g/mol. The molecule has 6 nitrogen and oxygen atoms in total. The van der Waals surface area contributed by atoms with Gasteiger partial charge < -0.3 is 0 Å². The van der Waals surface area contributed by atoms with E-state index in [4.69, 9.17) is 11.6 Å². The van der Waals surface area contributed by atoms with Crippen molar-refractivity contribution in [2.45, 2.75) is 19.1 Å². The van der Waals surface area contributed by atoms with Crippen LogP contribution in [0.1, 0.15) is 24.9 Å². The molecule has 0 spiro atoms. The zero-order valence-electron chi connectivity index (χ0n) is 9.25. The van der Waals surface area contributed by atoms with Gasteiger partial charge >= 0.3 is 0 Å². The maximum absolute atomic E-state index is 11.9. The van der Waals surface area contributed by atoms with E-state index in [0.29, 0.717) is 11.4 Å². The number of sulfone groups is 1. The summed E-state index contributed by atoms with van der Waals surface area (Å²) in [6.45, 7) is 3.22. The van der Waals surface area contributed by atoms with E-state index >= 15 is 0 Å². The second-order valence-corrected chi connectivity index (χ2v) is 6.11. The van der Waals surface area contributed by atoms with Crippen LogP contribution in [0.3, 0.4) is 0 Å². The molecule has 90 valence electrons. The molecular formula is C8H13ClN4O2S. The Labute approximate surface area is 99.2 Å². The molecule has 1 atom stereocenters. The van der Waals surface area contributed by atoms with Crippen LogP contribution >= 0.6 is 11.6 Å². The highest BCUT2D eigenvalue weighted by molar-refractivity contribution is 7.91. The first-order chi connectivity index (χ1) is 7.38. The molecule has 0 aliphatic rings. The molecule has 8 heteroatoms. The van der Waals surface area contributed by atoms with Gasteiger partial charge in [-0.1, -0.05) is 11.6 Å². The Morgan fingerprint density at radius 1 is 1.62 bits per heavy atom. The molecular weight excluding hydrogens is 252 g/mol. The van der Waals surface area contributed by atoms with Crippen LogP contribution in [0.15, 0.2) is 11.1 Å². The normalized spacial score (nSPS) is 15.1. The van der Waals surface area contributed by atoms with Gasteiger partial charge in [-0.15, -0.1) is 5.10 Å². The van der Waals surface area contributed by atoms with E-state index in [2.05, 4.69) is 15.5 Å². The van der Waals surface area contributed by atoms with Gasteiger partial charge in [0.25, 0.3) is 0 Å². The van der Waals surface area contributed by atoms with Crippen molar-refractivity contribution in [3.05, 3.63) is 16.9 Å². The standard InChI is InChI=1S/C8H13ClN4O2S/c1-6(4-9)5-16(14,15)7(2)8-10-11-12-13(8)3/h4,7H,5H2,1-3H3/b6-4+. The Bertz CT molecular complexity index is 494. The van der Waals surface area contributed by atoms with Gasteiger partial charge in [0, 0.05) is 12.6 Å². The molecule has 0 radical (unpaired) electrons. The van der Waals surface area contributed by atoms with E-state index in [1.54, 1.807) is 20.9 Å². The summed E-state index contributed by atoms with van der Waals surface area (Å²) in [6, 6.07) is 0. The lowest BCUT2D eigenvalue weighted by molar-refractivity contribution is 0.579. The fourth-order valence-electron chi connectivity index (χ4n) is 1.22. The number of rotatable bonds is 4. The van der Waals surface area contributed by atoms with Crippen molar-refractivity contribution in [1.29, 1.82) is 0 Å².